The third-order valence-corrected chi connectivity index (χ3v) is 3.89. The van der Waals surface area contributed by atoms with Crippen LogP contribution in [0.5, 0.6) is 0 Å². The van der Waals surface area contributed by atoms with Crippen LogP contribution in [0.4, 0.5) is 11.4 Å². The smallest absolute Gasteiger partial charge is 0.255 e. The van der Waals surface area contributed by atoms with Crippen molar-refractivity contribution in [2.45, 2.75) is 19.8 Å². The average molecular weight is 294 g/mol. The van der Waals surface area contributed by atoms with Gasteiger partial charge in [-0.3, -0.25) is 9.59 Å². The summed E-state index contributed by atoms with van der Waals surface area (Å²) in [6.45, 7) is 2.64. The largest absolute Gasteiger partial charge is 0.322 e. The molecule has 1 N–H and O–H groups in total. The number of hydrogen-bond acceptors (Lipinski definition) is 2. The van der Waals surface area contributed by atoms with E-state index in [9.17, 15) is 9.59 Å². The fourth-order valence-electron chi connectivity index (χ4n) is 2.78. The van der Waals surface area contributed by atoms with Crippen LogP contribution in [-0.4, -0.2) is 18.4 Å². The highest BCUT2D eigenvalue weighted by Crippen LogP contribution is 2.30. The number of benzene rings is 2. The molecule has 4 nitrogen and oxygen atoms in total. The normalized spacial score (nSPS) is 13.7. The Kier molecular flexibility index (Phi) is 3.92. The summed E-state index contributed by atoms with van der Waals surface area (Å²) in [5.74, 6) is 0.0378. The van der Waals surface area contributed by atoms with E-state index in [4.69, 9.17) is 0 Å². The number of anilines is 2. The van der Waals surface area contributed by atoms with Crippen LogP contribution >= 0.6 is 0 Å². The van der Waals surface area contributed by atoms with E-state index >= 15 is 0 Å². The molecule has 3 rings (SSSR count). The minimum atomic E-state index is -0.125. The highest BCUT2D eigenvalue weighted by molar-refractivity contribution is 6.04. The third-order valence-electron chi connectivity index (χ3n) is 3.89. The van der Waals surface area contributed by atoms with E-state index in [2.05, 4.69) is 5.32 Å². The molecule has 0 atom stereocenters. The van der Waals surface area contributed by atoms with Gasteiger partial charge >= 0.3 is 0 Å². The molecule has 4 heteroatoms. The van der Waals surface area contributed by atoms with Gasteiger partial charge in [0.05, 0.1) is 0 Å². The van der Waals surface area contributed by atoms with Crippen LogP contribution in [0.3, 0.4) is 0 Å². The van der Waals surface area contributed by atoms with Crippen molar-refractivity contribution in [2.24, 2.45) is 0 Å². The molecule has 0 spiro atoms. The molecule has 22 heavy (non-hydrogen) atoms. The van der Waals surface area contributed by atoms with Gasteiger partial charge < -0.3 is 10.2 Å². The number of carbonyl (C=O) groups is 2. The lowest BCUT2D eigenvalue weighted by Crippen LogP contribution is -2.34. The van der Waals surface area contributed by atoms with Gasteiger partial charge in [0.15, 0.2) is 0 Å². The molecule has 1 aliphatic rings. The molecule has 1 heterocycles. The highest BCUT2D eigenvalue weighted by atomic mass is 16.2. The third kappa shape index (κ3) is 2.72. The number of rotatable bonds is 3. The number of fused-ring (bicyclic) bond motifs is 1. The van der Waals surface area contributed by atoms with Crippen molar-refractivity contribution in [3.8, 4) is 0 Å². The van der Waals surface area contributed by atoms with Crippen molar-refractivity contribution in [3.05, 3.63) is 59.7 Å². The minimum absolute atomic E-state index is 0.125. The fraction of sp³-hybridized carbons (Fsp3) is 0.222. The van der Waals surface area contributed by atoms with Crippen molar-refractivity contribution in [2.75, 3.05) is 16.8 Å². The Hall–Kier alpha value is -2.62. The fourth-order valence-corrected chi connectivity index (χ4v) is 2.78. The van der Waals surface area contributed by atoms with E-state index in [1.165, 1.54) is 0 Å². The summed E-state index contributed by atoms with van der Waals surface area (Å²) in [5, 5.41) is 2.91. The summed E-state index contributed by atoms with van der Waals surface area (Å²) in [6, 6.07) is 14.9. The molecule has 2 aromatic carbocycles. The molecule has 0 fully saturated rings. The molecule has 2 amide bonds. The predicted molar refractivity (Wildman–Crippen MR) is 87.2 cm³/mol. The minimum Gasteiger partial charge on any atom is -0.322 e. The Morgan fingerprint density at radius 1 is 1.14 bits per heavy atom. The molecule has 0 unspecified atom stereocenters. The zero-order valence-corrected chi connectivity index (χ0v) is 12.5. The molecule has 112 valence electrons. The van der Waals surface area contributed by atoms with E-state index in [0.717, 1.165) is 23.4 Å². The van der Waals surface area contributed by atoms with E-state index in [1.54, 1.807) is 17.0 Å². The van der Waals surface area contributed by atoms with Crippen molar-refractivity contribution >= 4 is 23.2 Å². The molecule has 0 saturated heterocycles. The van der Waals surface area contributed by atoms with Gasteiger partial charge in [0.1, 0.15) is 0 Å². The SMILES string of the molecule is CCN1C(=O)CCc2cc(NC(=O)c3ccccc3)ccc21. The molecule has 0 radical (unpaired) electrons. The van der Waals surface area contributed by atoms with Crippen LogP contribution in [0.25, 0.3) is 0 Å². The van der Waals surface area contributed by atoms with Gasteiger partial charge in [-0.15, -0.1) is 0 Å². The van der Waals surface area contributed by atoms with Crippen LogP contribution in [-0.2, 0) is 11.2 Å². The van der Waals surface area contributed by atoms with Gasteiger partial charge in [-0.1, -0.05) is 18.2 Å². The Bertz CT molecular complexity index is 710. The summed E-state index contributed by atoms with van der Waals surface area (Å²) in [4.78, 5) is 25.9. The molecule has 0 aromatic heterocycles. The molecule has 2 aromatic rings. The number of amides is 2. The maximum Gasteiger partial charge on any atom is 0.255 e. The maximum atomic E-state index is 12.2. The Labute approximate surface area is 129 Å². The van der Waals surface area contributed by atoms with Crippen LogP contribution < -0.4 is 10.2 Å². The van der Waals surface area contributed by atoms with E-state index < -0.39 is 0 Å². The lowest BCUT2D eigenvalue weighted by atomic mass is 10.0. The Balaban J connectivity index is 1.82. The van der Waals surface area contributed by atoms with Crippen LogP contribution in [0.15, 0.2) is 48.5 Å². The highest BCUT2D eigenvalue weighted by Gasteiger charge is 2.22. The van der Waals surface area contributed by atoms with Crippen LogP contribution in [0, 0.1) is 0 Å². The zero-order valence-electron chi connectivity index (χ0n) is 12.5. The lowest BCUT2D eigenvalue weighted by Gasteiger charge is -2.28. The summed E-state index contributed by atoms with van der Waals surface area (Å²) >= 11 is 0. The number of aryl methyl sites for hydroxylation is 1. The number of carbonyl (C=O) groups excluding carboxylic acids is 2. The second-order valence-electron chi connectivity index (χ2n) is 5.30. The molecule has 0 bridgehead atoms. The van der Waals surface area contributed by atoms with Gasteiger partial charge in [-0.25, -0.2) is 0 Å². The lowest BCUT2D eigenvalue weighted by molar-refractivity contribution is -0.118. The average Bonchev–Trinajstić information content (AvgIpc) is 2.55. The quantitative estimate of drug-likeness (QED) is 0.944. The first-order valence-corrected chi connectivity index (χ1v) is 7.48. The first-order chi connectivity index (χ1) is 10.7. The first kappa shape index (κ1) is 14.3. The zero-order chi connectivity index (χ0) is 15.5. The molecule has 0 aliphatic carbocycles. The van der Waals surface area contributed by atoms with E-state index in [1.807, 2.05) is 43.3 Å². The monoisotopic (exact) mass is 294 g/mol. The number of hydrogen-bond donors (Lipinski definition) is 1. The van der Waals surface area contributed by atoms with Gasteiger partial charge in [0.2, 0.25) is 5.91 Å². The van der Waals surface area contributed by atoms with E-state index in [0.29, 0.717) is 18.5 Å². The molecule has 0 saturated carbocycles. The van der Waals surface area contributed by atoms with E-state index in [-0.39, 0.29) is 11.8 Å². The van der Waals surface area contributed by atoms with Crippen molar-refractivity contribution in [1.82, 2.24) is 0 Å². The van der Waals surface area contributed by atoms with Crippen LogP contribution in [0.2, 0.25) is 0 Å². The van der Waals surface area contributed by atoms with Crippen LogP contribution in [0.1, 0.15) is 29.3 Å². The summed E-state index contributed by atoms with van der Waals surface area (Å²) in [6.07, 6.45) is 1.25. The second-order valence-corrected chi connectivity index (χ2v) is 5.30. The van der Waals surface area contributed by atoms with Gasteiger partial charge in [-0.05, 0) is 49.2 Å². The summed E-state index contributed by atoms with van der Waals surface area (Å²) < 4.78 is 0. The number of nitrogens with zero attached hydrogens (tertiary/aromatic N) is 1. The van der Waals surface area contributed by atoms with Crippen molar-refractivity contribution in [3.63, 3.8) is 0 Å². The molecular weight excluding hydrogens is 276 g/mol. The summed E-state index contributed by atoms with van der Waals surface area (Å²) in [5.41, 5.74) is 3.45. The summed E-state index contributed by atoms with van der Waals surface area (Å²) in [7, 11) is 0. The Morgan fingerprint density at radius 2 is 1.91 bits per heavy atom. The first-order valence-electron chi connectivity index (χ1n) is 7.48. The Morgan fingerprint density at radius 3 is 2.64 bits per heavy atom. The topological polar surface area (TPSA) is 49.4 Å². The van der Waals surface area contributed by atoms with Gasteiger partial charge in [0.25, 0.3) is 5.91 Å². The second kappa shape index (κ2) is 6.02. The standard InChI is InChI=1S/C18H18N2O2/c1-2-20-16-10-9-15(12-14(16)8-11-17(20)21)19-18(22)13-6-4-3-5-7-13/h3-7,9-10,12H,2,8,11H2,1H3,(H,19,22). The molecular formula is C18H18N2O2. The van der Waals surface area contributed by atoms with Gasteiger partial charge in [0, 0.05) is 29.9 Å². The molecule has 1 aliphatic heterocycles. The number of nitrogens with one attached hydrogen (secondary N) is 1. The maximum absolute atomic E-state index is 12.2. The van der Waals surface area contributed by atoms with Crippen molar-refractivity contribution in [1.29, 1.82) is 0 Å². The predicted octanol–water partition coefficient (Wildman–Crippen LogP) is 3.24. The van der Waals surface area contributed by atoms with Gasteiger partial charge in [-0.2, -0.15) is 0 Å². The van der Waals surface area contributed by atoms with Crippen molar-refractivity contribution < 1.29 is 9.59 Å².